The van der Waals surface area contributed by atoms with Crippen LogP contribution in [0, 0.1) is 6.92 Å². The Morgan fingerprint density at radius 1 is 1.10 bits per heavy atom. The molecule has 2 aromatic rings. The minimum absolute atomic E-state index is 0.0280. The van der Waals surface area contributed by atoms with Gasteiger partial charge in [0.1, 0.15) is 11.5 Å². The van der Waals surface area contributed by atoms with E-state index in [9.17, 15) is 13.2 Å². The van der Waals surface area contributed by atoms with Crippen molar-refractivity contribution in [3.05, 3.63) is 53.0 Å². The summed E-state index contributed by atoms with van der Waals surface area (Å²) in [6, 6.07) is 9.23. The molecule has 1 saturated heterocycles. The molecule has 0 spiro atoms. The summed E-state index contributed by atoms with van der Waals surface area (Å²) in [6.07, 6.45) is 3.07. The van der Waals surface area contributed by atoms with E-state index >= 15 is 0 Å². The summed E-state index contributed by atoms with van der Waals surface area (Å²) in [5.74, 6) is 1.61. The topological polar surface area (TPSA) is 82.9 Å². The zero-order valence-electron chi connectivity index (χ0n) is 17.6. The van der Waals surface area contributed by atoms with Crippen molar-refractivity contribution in [2.45, 2.75) is 44.0 Å². The average Bonchev–Trinajstić information content (AvgIpc) is 3.40. The molecule has 0 saturated carbocycles. The molecule has 0 radical (unpaired) electrons. The van der Waals surface area contributed by atoms with Gasteiger partial charge in [-0.05, 0) is 68.5 Å². The highest BCUT2D eigenvalue weighted by atomic mass is 32.2. The van der Waals surface area contributed by atoms with Crippen LogP contribution in [0.4, 0.5) is 0 Å². The van der Waals surface area contributed by atoms with Crippen molar-refractivity contribution >= 4 is 15.9 Å². The first kappa shape index (κ1) is 21.1. The maximum absolute atomic E-state index is 13.0. The molecule has 1 fully saturated rings. The zero-order valence-corrected chi connectivity index (χ0v) is 18.4. The van der Waals surface area contributed by atoms with Gasteiger partial charge in [-0.2, -0.15) is 4.31 Å². The first-order chi connectivity index (χ1) is 14.3. The summed E-state index contributed by atoms with van der Waals surface area (Å²) in [6.45, 7) is 5.47. The molecule has 1 amide bonds. The molecule has 1 aromatic carbocycles. The lowest BCUT2D eigenvalue weighted by molar-refractivity contribution is -0.131. The van der Waals surface area contributed by atoms with Gasteiger partial charge in [0.25, 0.3) is 0 Å². The van der Waals surface area contributed by atoms with Crippen LogP contribution >= 0.6 is 0 Å². The van der Waals surface area contributed by atoms with Gasteiger partial charge >= 0.3 is 0 Å². The molecule has 7 nitrogen and oxygen atoms in total. The van der Waals surface area contributed by atoms with E-state index in [1.54, 1.807) is 11.0 Å². The van der Waals surface area contributed by atoms with Gasteiger partial charge in [0.05, 0.1) is 17.5 Å². The molecule has 2 aliphatic rings. The van der Waals surface area contributed by atoms with Crippen LogP contribution in [0.5, 0.6) is 0 Å². The first-order valence-electron chi connectivity index (χ1n) is 10.5. The van der Waals surface area contributed by atoms with Crippen LogP contribution in [0.1, 0.15) is 42.0 Å². The largest absolute Gasteiger partial charge is 0.465 e. The third-order valence-corrected chi connectivity index (χ3v) is 7.94. The third-order valence-electron chi connectivity index (χ3n) is 6.05. The number of hydrogen-bond donors (Lipinski definition) is 1. The molecular formula is C22H29N3O4S. The molecule has 1 aliphatic heterocycles. The molecular weight excluding hydrogens is 402 g/mol. The Kier molecular flexibility index (Phi) is 5.99. The minimum atomic E-state index is -3.52. The van der Waals surface area contributed by atoms with Gasteiger partial charge in [-0.25, -0.2) is 8.42 Å². The van der Waals surface area contributed by atoms with Crippen molar-refractivity contribution in [1.82, 2.24) is 14.5 Å². The minimum Gasteiger partial charge on any atom is -0.465 e. The van der Waals surface area contributed by atoms with Crippen LogP contribution in [0.2, 0.25) is 0 Å². The van der Waals surface area contributed by atoms with Crippen LogP contribution in [0.25, 0.3) is 0 Å². The lowest BCUT2D eigenvalue weighted by Crippen LogP contribution is -2.52. The van der Waals surface area contributed by atoms with E-state index in [-0.39, 0.29) is 18.5 Å². The number of carbonyl (C=O) groups is 1. The summed E-state index contributed by atoms with van der Waals surface area (Å²) in [5, 5.41) is 3.18. The van der Waals surface area contributed by atoms with E-state index in [1.165, 1.54) is 9.87 Å². The third kappa shape index (κ3) is 4.31. The number of rotatable bonds is 6. The number of sulfonamides is 1. The Morgan fingerprint density at radius 3 is 2.53 bits per heavy atom. The summed E-state index contributed by atoms with van der Waals surface area (Å²) in [7, 11) is -3.52. The van der Waals surface area contributed by atoms with E-state index in [4.69, 9.17) is 4.42 Å². The van der Waals surface area contributed by atoms with E-state index < -0.39 is 10.0 Å². The highest BCUT2D eigenvalue weighted by molar-refractivity contribution is 7.89. The SMILES string of the molecule is Cc1ccc(C(C)NCC(=O)N2CCN(S(=O)(=O)c3ccc4c(c3)CCC4)CC2)o1. The van der Waals surface area contributed by atoms with Gasteiger partial charge < -0.3 is 9.32 Å². The standard InChI is InChI=1S/C22H29N3O4S/c1-16-6-9-21(29-16)17(2)23-15-22(26)24-10-12-25(13-11-24)30(27,28)20-8-7-18-4-3-5-19(18)14-20/h6-9,14,17,23H,3-5,10-13,15H2,1-2H3. The fourth-order valence-electron chi connectivity index (χ4n) is 4.17. The number of hydrogen-bond acceptors (Lipinski definition) is 5. The number of piperazine rings is 1. The van der Waals surface area contributed by atoms with Crippen molar-refractivity contribution in [2.75, 3.05) is 32.7 Å². The fraction of sp³-hybridized carbons (Fsp3) is 0.500. The van der Waals surface area contributed by atoms with Gasteiger partial charge in [-0.1, -0.05) is 6.07 Å². The van der Waals surface area contributed by atoms with E-state index in [0.29, 0.717) is 31.1 Å². The van der Waals surface area contributed by atoms with Crippen LogP contribution in [-0.2, 0) is 27.7 Å². The Balaban J connectivity index is 1.31. The van der Waals surface area contributed by atoms with E-state index in [1.807, 2.05) is 38.1 Å². The number of furan rings is 1. The molecule has 1 aliphatic carbocycles. The number of carbonyl (C=O) groups excluding carboxylic acids is 1. The van der Waals surface area contributed by atoms with E-state index in [0.717, 1.165) is 36.3 Å². The summed E-state index contributed by atoms with van der Waals surface area (Å²) in [4.78, 5) is 14.6. The van der Waals surface area contributed by atoms with Gasteiger partial charge in [-0.15, -0.1) is 0 Å². The predicted octanol–water partition coefficient (Wildman–Crippen LogP) is 2.26. The van der Waals surface area contributed by atoms with E-state index in [2.05, 4.69) is 5.32 Å². The lowest BCUT2D eigenvalue weighted by Gasteiger charge is -2.34. The van der Waals surface area contributed by atoms with Gasteiger partial charge in [0.2, 0.25) is 15.9 Å². The normalized spacial score (nSPS) is 18.4. The van der Waals surface area contributed by atoms with Crippen molar-refractivity contribution in [3.63, 3.8) is 0 Å². The number of nitrogens with zero attached hydrogens (tertiary/aromatic N) is 2. The fourth-order valence-corrected chi connectivity index (χ4v) is 5.65. The van der Waals surface area contributed by atoms with Gasteiger partial charge in [0.15, 0.2) is 0 Å². The molecule has 30 heavy (non-hydrogen) atoms. The number of fused-ring (bicyclic) bond motifs is 1. The lowest BCUT2D eigenvalue weighted by atomic mass is 10.1. The second-order valence-electron chi connectivity index (χ2n) is 8.12. The monoisotopic (exact) mass is 431 g/mol. The molecule has 1 N–H and O–H groups in total. The van der Waals surface area contributed by atoms with Crippen LogP contribution in [0.15, 0.2) is 39.6 Å². The highest BCUT2D eigenvalue weighted by Gasteiger charge is 2.30. The quantitative estimate of drug-likeness (QED) is 0.759. The van der Waals surface area contributed by atoms with Crippen LogP contribution in [-0.4, -0.2) is 56.3 Å². The summed E-state index contributed by atoms with van der Waals surface area (Å²) >= 11 is 0. The molecule has 1 unspecified atom stereocenters. The zero-order chi connectivity index (χ0) is 21.3. The molecule has 1 aromatic heterocycles. The maximum atomic E-state index is 13.0. The second-order valence-corrected chi connectivity index (χ2v) is 10.1. The molecule has 0 bridgehead atoms. The number of amides is 1. The molecule has 4 rings (SSSR count). The molecule has 162 valence electrons. The number of nitrogens with one attached hydrogen (secondary N) is 1. The molecule has 1 atom stereocenters. The van der Waals surface area contributed by atoms with Crippen molar-refractivity contribution in [3.8, 4) is 0 Å². The smallest absolute Gasteiger partial charge is 0.243 e. The maximum Gasteiger partial charge on any atom is 0.243 e. The Hall–Kier alpha value is -2.16. The van der Waals surface area contributed by atoms with Crippen molar-refractivity contribution < 1.29 is 17.6 Å². The summed E-state index contributed by atoms with van der Waals surface area (Å²) in [5.41, 5.74) is 2.41. The first-order valence-corrected chi connectivity index (χ1v) is 12.0. The van der Waals surface area contributed by atoms with Crippen molar-refractivity contribution in [1.29, 1.82) is 0 Å². The van der Waals surface area contributed by atoms with Crippen LogP contribution < -0.4 is 5.32 Å². The Morgan fingerprint density at radius 2 is 1.83 bits per heavy atom. The van der Waals surface area contributed by atoms with Gasteiger partial charge in [0, 0.05) is 26.2 Å². The van der Waals surface area contributed by atoms with Gasteiger partial charge in [-0.3, -0.25) is 10.1 Å². The molecule has 2 heterocycles. The number of aryl methyl sites for hydroxylation is 3. The molecule has 8 heteroatoms. The van der Waals surface area contributed by atoms with Crippen molar-refractivity contribution in [2.24, 2.45) is 0 Å². The average molecular weight is 432 g/mol. The Bertz CT molecular complexity index is 1020. The second kappa shape index (κ2) is 8.53. The van der Waals surface area contributed by atoms with Crippen LogP contribution in [0.3, 0.4) is 0 Å². The predicted molar refractivity (Wildman–Crippen MR) is 114 cm³/mol. The summed E-state index contributed by atoms with van der Waals surface area (Å²) < 4.78 is 33.2. The highest BCUT2D eigenvalue weighted by Crippen LogP contribution is 2.26. The Labute approximate surface area is 178 Å². The number of benzene rings is 1.